The standard InChI is InChI=1S/C14H17NOSe/c1-15-12-9-10(14(15)16)7-8-13(12)17-11-5-3-2-4-6-11/h2-6,10,12-13H,7-9H2,1H3. The van der Waals surface area contributed by atoms with E-state index in [1.54, 1.807) is 0 Å². The summed E-state index contributed by atoms with van der Waals surface area (Å²) in [6, 6.07) is 11.3. The van der Waals surface area contributed by atoms with Gasteiger partial charge in [-0.25, -0.2) is 0 Å². The van der Waals surface area contributed by atoms with Crippen molar-refractivity contribution in [1.29, 1.82) is 0 Å². The van der Waals surface area contributed by atoms with E-state index in [-0.39, 0.29) is 0 Å². The van der Waals surface area contributed by atoms with Crippen LogP contribution in [0.25, 0.3) is 0 Å². The van der Waals surface area contributed by atoms with Gasteiger partial charge in [0, 0.05) is 0 Å². The molecule has 1 aliphatic carbocycles. The minimum absolute atomic E-state index is 0.341. The van der Waals surface area contributed by atoms with Crippen LogP contribution >= 0.6 is 0 Å². The van der Waals surface area contributed by atoms with Gasteiger partial charge in [-0.15, -0.1) is 0 Å². The van der Waals surface area contributed by atoms with E-state index in [2.05, 4.69) is 30.3 Å². The summed E-state index contributed by atoms with van der Waals surface area (Å²) in [4.78, 5) is 14.7. The molecule has 0 aromatic heterocycles. The van der Waals surface area contributed by atoms with Gasteiger partial charge in [-0.05, 0) is 0 Å². The fourth-order valence-corrected chi connectivity index (χ4v) is 5.88. The second-order valence-electron chi connectivity index (χ2n) is 5.00. The van der Waals surface area contributed by atoms with Crippen molar-refractivity contribution >= 4 is 25.3 Å². The third-order valence-corrected chi connectivity index (χ3v) is 6.91. The van der Waals surface area contributed by atoms with Gasteiger partial charge in [-0.1, -0.05) is 0 Å². The van der Waals surface area contributed by atoms with E-state index >= 15 is 0 Å². The monoisotopic (exact) mass is 295 g/mol. The fourth-order valence-electron chi connectivity index (χ4n) is 3.01. The van der Waals surface area contributed by atoms with Gasteiger partial charge in [0.1, 0.15) is 0 Å². The summed E-state index contributed by atoms with van der Waals surface area (Å²) < 4.78 is 1.47. The summed E-state index contributed by atoms with van der Waals surface area (Å²) in [5.74, 6) is 0.731. The molecule has 1 aromatic rings. The summed E-state index contributed by atoms with van der Waals surface area (Å²) in [6.07, 6.45) is 3.45. The zero-order valence-corrected chi connectivity index (χ0v) is 11.7. The zero-order chi connectivity index (χ0) is 11.8. The molecule has 3 unspecified atom stereocenters. The van der Waals surface area contributed by atoms with E-state index in [1.165, 1.54) is 10.9 Å². The second-order valence-corrected chi connectivity index (χ2v) is 7.75. The summed E-state index contributed by atoms with van der Waals surface area (Å²) in [5.41, 5.74) is 0. The Morgan fingerprint density at radius 1 is 1.24 bits per heavy atom. The first-order chi connectivity index (χ1) is 8.25. The average molecular weight is 294 g/mol. The number of amides is 1. The first-order valence-corrected chi connectivity index (χ1v) is 8.08. The van der Waals surface area contributed by atoms with E-state index in [0.717, 1.165) is 17.7 Å². The molecule has 2 aliphatic rings. The summed E-state index contributed by atoms with van der Waals surface area (Å²) in [5, 5.41) is 0. The Hall–Kier alpha value is -0.791. The maximum absolute atomic E-state index is 11.9. The molecule has 2 fully saturated rings. The van der Waals surface area contributed by atoms with Crippen LogP contribution in [0.3, 0.4) is 0 Å². The Kier molecular flexibility index (Phi) is 2.97. The molecule has 0 radical (unpaired) electrons. The topological polar surface area (TPSA) is 20.3 Å². The number of rotatable bonds is 2. The SMILES string of the molecule is CN1C(=O)C2CCC([Se]c3ccccc3)C1C2. The number of carbonyl (C=O) groups is 1. The number of likely N-dealkylation sites (tertiary alicyclic amines) is 1. The molecule has 17 heavy (non-hydrogen) atoms. The molecule has 2 bridgehead atoms. The van der Waals surface area contributed by atoms with Crippen LogP contribution in [-0.4, -0.2) is 38.9 Å². The van der Waals surface area contributed by atoms with E-state index in [1.807, 2.05) is 11.9 Å². The van der Waals surface area contributed by atoms with Gasteiger partial charge in [0.2, 0.25) is 0 Å². The van der Waals surface area contributed by atoms with Crippen molar-refractivity contribution in [3.05, 3.63) is 30.3 Å². The average Bonchev–Trinajstić information content (AvgIpc) is 2.60. The third-order valence-electron chi connectivity index (χ3n) is 3.98. The second kappa shape index (κ2) is 4.47. The van der Waals surface area contributed by atoms with Crippen LogP contribution < -0.4 is 4.46 Å². The van der Waals surface area contributed by atoms with E-state index in [4.69, 9.17) is 0 Å². The molecule has 2 nitrogen and oxygen atoms in total. The summed E-state index contributed by atoms with van der Waals surface area (Å²) >= 11 is 0.510. The molecule has 0 spiro atoms. The van der Waals surface area contributed by atoms with Gasteiger partial charge in [-0.3, -0.25) is 0 Å². The molecule has 3 atom stereocenters. The molecular formula is C14H17NOSe. The van der Waals surface area contributed by atoms with Gasteiger partial charge >= 0.3 is 108 Å². The Bertz CT molecular complexity index is 419. The van der Waals surface area contributed by atoms with E-state index < -0.39 is 0 Å². The Labute approximate surface area is 109 Å². The predicted octanol–water partition coefficient (Wildman–Crippen LogP) is 1.45. The van der Waals surface area contributed by atoms with Crippen LogP contribution in [0.15, 0.2) is 30.3 Å². The minimum atomic E-state index is 0.341. The summed E-state index contributed by atoms with van der Waals surface area (Å²) in [7, 11) is 1.99. The summed E-state index contributed by atoms with van der Waals surface area (Å²) in [6.45, 7) is 0. The normalized spacial score (nSPS) is 31.9. The predicted molar refractivity (Wildman–Crippen MR) is 69.5 cm³/mol. The molecule has 1 heterocycles. The van der Waals surface area contributed by atoms with Crippen LogP contribution in [0.4, 0.5) is 0 Å². The number of hydrogen-bond donors (Lipinski definition) is 0. The number of hydrogen-bond acceptors (Lipinski definition) is 1. The van der Waals surface area contributed by atoms with E-state index in [0.29, 0.717) is 32.8 Å². The van der Waals surface area contributed by atoms with Crippen LogP contribution in [0.5, 0.6) is 0 Å². The van der Waals surface area contributed by atoms with Crippen LogP contribution in [0, 0.1) is 5.92 Å². The Morgan fingerprint density at radius 3 is 2.76 bits per heavy atom. The molecule has 90 valence electrons. The molecule has 1 saturated heterocycles. The molecule has 3 heteroatoms. The molecule has 3 rings (SSSR count). The van der Waals surface area contributed by atoms with Gasteiger partial charge in [-0.2, -0.15) is 0 Å². The van der Waals surface area contributed by atoms with Crippen LogP contribution in [0.2, 0.25) is 4.82 Å². The van der Waals surface area contributed by atoms with Gasteiger partial charge < -0.3 is 0 Å². The first kappa shape index (κ1) is 11.3. The van der Waals surface area contributed by atoms with Crippen molar-refractivity contribution in [2.45, 2.75) is 30.1 Å². The van der Waals surface area contributed by atoms with Crippen molar-refractivity contribution in [2.24, 2.45) is 5.92 Å². The van der Waals surface area contributed by atoms with Crippen molar-refractivity contribution in [1.82, 2.24) is 4.90 Å². The molecule has 1 saturated carbocycles. The Morgan fingerprint density at radius 2 is 2.00 bits per heavy atom. The van der Waals surface area contributed by atoms with Gasteiger partial charge in [0.15, 0.2) is 0 Å². The number of nitrogens with zero attached hydrogens (tertiary/aromatic N) is 1. The molecular weight excluding hydrogens is 277 g/mol. The first-order valence-electron chi connectivity index (χ1n) is 6.24. The van der Waals surface area contributed by atoms with Gasteiger partial charge in [0.25, 0.3) is 0 Å². The van der Waals surface area contributed by atoms with Crippen LogP contribution in [-0.2, 0) is 4.79 Å². The maximum atomic E-state index is 11.9. The van der Waals surface area contributed by atoms with Crippen molar-refractivity contribution in [3.63, 3.8) is 0 Å². The molecule has 1 aromatic carbocycles. The quantitative estimate of drug-likeness (QED) is 0.756. The molecule has 0 N–H and O–H groups in total. The molecule has 1 aliphatic heterocycles. The fraction of sp³-hybridized carbons (Fsp3) is 0.500. The van der Waals surface area contributed by atoms with Crippen molar-refractivity contribution in [2.75, 3.05) is 7.05 Å². The van der Waals surface area contributed by atoms with Crippen molar-refractivity contribution < 1.29 is 4.79 Å². The zero-order valence-electron chi connectivity index (χ0n) is 10.0. The number of benzene rings is 1. The van der Waals surface area contributed by atoms with Gasteiger partial charge in [0.05, 0.1) is 0 Å². The van der Waals surface area contributed by atoms with Crippen LogP contribution in [0.1, 0.15) is 19.3 Å². The molecule has 1 amide bonds. The van der Waals surface area contributed by atoms with E-state index in [9.17, 15) is 4.79 Å². The number of carbonyl (C=O) groups excluding carboxylic acids is 1. The third kappa shape index (κ3) is 2.02. The Balaban J connectivity index is 1.75. The van der Waals surface area contributed by atoms with Crippen molar-refractivity contribution in [3.8, 4) is 0 Å². The number of fused-ring (bicyclic) bond motifs is 2.